The highest BCUT2D eigenvalue weighted by molar-refractivity contribution is 5.46. The summed E-state index contributed by atoms with van der Waals surface area (Å²) in [6.45, 7) is 9.82. The van der Waals surface area contributed by atoms with Gasteiger partial charge in [0.15, 0.2) is 0 Å². The van der Waals surface area contributed by atoms with Crippen LogP contribution in [0, 0.1) is 6.92 Å². The van der Waals surface area contributed by atoms with Crippen LogP contribution in [0.3, 0.4) is 0 Å². The maximum absolute atomic E-state index is 4.53. The van der Waals surface area contributed by atoms with Crippen molar-refractivity contribution in [3.63, 3.8) is 0 Å². The van der Waals surface area contributed by atoms with E-state index in [0.717, 1.165) is 36.8 Å². The fraction of sp³-hybridized carbons (Fsp3) is 0.733. The Kier molecular flexibility index (Phi) is 6.05. The number of rotatable bonds is 8. The zero-order chi connectivity index (χ0) is 14.2. The molecule has 5 nitrogen and oxygen atoms in total. The SMILES string of the molecule is CCCNc1ncc(C)c(NCCCN2CCCC2)n1. The second-order valence-corrected chi connectivity index (χ2v) is 5.48. The first kappa shape index (κ1) is 15.0. The van der Waals surface area contributed by atoms with Crippen molar-refractivity contribution in [2.24, 2.45) is 0 Å². The molecule has 2 heterocycles. The number of hydrogen-bond donors (Lipinski definition) is 2. The molecule has 1 aromatic heterocycles. The van der Waals surface area contributed by atoms with Crippen molar-refractivity contribution in [2.75, 3.05) is 43.4 Å². The van der Waals surface area contributed by atoms with Gasteiger partial charge in [0, 0.05) is 24.8 Å². The maximum atomic E-state index is 4.53. The molecule has 0 radical (unpaired) electrons. The smallest absolute Gasteiger partial charge is 0.224 e. The lowest BCUT2D eigenvalue weighted by molar-refractivity contribution is 0.337. The predicted octanol–water partition coefficient (Wildman–Crippen LogP) is 2.50. The van der Waals surface area contributed by atoms with Gasteiger partial charge in [-0.25, -0.2) is 4.98 Å². The Morgan fingerprint density at radius 1 is 1.20 bits per heavy atom. The molecule has 2 N–H and O–H groups in total. The van der Waals surface area contributed by atoms with Gasteiger partial charge in [-0.05, 0) is 52.2 Å². The minimum atomic E-state index is 0.722. The van der Waals surface area contributed by atoms with Crippen molar-refractivity contribution < 1.29 is 0 Å². The molecule has 0 amide bonds. The Labute approximate surface area is 122 Å². The molecule has 0 spiro atoms. The van der Waals surface area contributed by atoms with Crippen LogP contribution in [0.15, 0.2) is 6.20 Å². The summed E-state index contributed by atoms with van der Waals surface area (Å²) in [5.41, 5.74) is 1.10. The van der Waals surface area contributed by atoms with Crippen LogP contribution in [0.1, 0.15) is 38.2 Å². The van der Waals surface area contributed by atoms with Crippen molar-refractivity contribution in [1.82, 2.24) is 14.9 Å². The lowest BCUT2D eigenvalue weighted by Gasteiger charge is -2.15. The largest absolute Gasteiger partial charge is 0.370 e. The van der Waals surface area contributed by atoms with E-state index in [9.17, 15) is 0 Å². The van der Waals surface area contributed by atoms with E-state index >= 15 is 0 Å². The lowest BCUT2D eigenvalue weighted by atomic mass is 10.3. The highest BCUT2D eigenvalue weighted by Crippen LogP contribution is 2.13. The molecule has 112 valence electrons. The van der Waals surface area contributed by atoms with E-state index in [1.807, 2.05) is 13.1 Å². The number of hydrogen-bond acceptors (Lipinski definition) is 5. The van der Waals surface area contributed by atoms with Gasteiger partial charge in [-0.15, -0.1) is 0 Å². The van der Waals surface area contributed by atoms with Gasteiger partial charge in [0.2, 0.25) is 5.95 Å². The summed E-state index contributed by atoms with van der Waals surface area (Å²) in [6, 6.07) is 0. The van der Waals surface area contributed by atoms with Crippen LogP contribution in [0.25, 0.3) is 0 Å². The minimum Gasteiger partial charge on any atom is -0.370 e. The lowest BCUT2D eigenvalue weighted by Crippen LogP contribution is -2.22. The Bertz CT molecular complexity index is 401. The molecule has 1 fully saturated rings. The minimum absolute atomic E-state index is 0.722. The summed E-state index contributed by atoms with van der Waals surface area (Å²) in [5, 5.41) is 6.66. The van der Waals surface area contributed by atoms with Crippen molar-refractivity contribution in [2.45, 2.75) is 39.5 Å². The molecule has 5 heteroatoms. The molecule has 1 saturated heterocycles. The van der Waals surface area contributed by atoms with E-state index in [1.165, 1.54) is 38.9 Å². The maximum Gasteiger partial charge on any atom is 0.224 e. The summed E-state index contributed by atoms with van der Waals surface area (Å²) < 4.78 is 0. The Hall–Kier alpha value is -1.36. The molecule has 20 heavy (non-hydrogen) atoms. The second kappa shape index (κ2) is 8.04. The second-order valence-electron chi connectivity index (χ2n) is 5.48. The van der Waals surface area contributed by atoms with E-state index in [1.54, 1.807) is 0 Å². The molecule has 0 saturated carbocycles. The van der Waals surface area contributed by atoms with Crippen molar-refractivity contribution in [3.05, 3.63) is 11.8 Å². The number of anilines is 2. The number of aryl methyl sites for hydroxylation is 1. The molecule has 1 aliphatic heterocycles. The molecule has 0 bridgehead atoms. The fourth-order valence-electron chi connectivity index (χ4n) is 2.46. The first-order valence-electron chi connectivity index (χ1n) is 7.83. The zero-order valence-corrected chi connectivity index (χ0v) is 12.8. The predicted molar refractivity (Wildman–Crippen MR) is 84.3 cm³/mol. The van der Waals surface area contributed by atoms with Gasteiger partial charge in [-0.3, -0.25) is 0 Å². The van der Waals surface area contributed by atoms with Crippen molar-refractivity contribution >= 4 is 11.8 Å². The van der Waals surface area contributed by atoms with E-state index in [0.29, 0.717) is 0 Å². The third-order valence-corrected chi connectivity index (χ3v) is 3.65. The molecular weight excluding hydrogens is 250 g/mol. The number of aromatic nitrogens is 2. The normalized spacial score (nSPS) is 15.5. The first-order valence-corrected chi connectivity index (χ1v) is 7.83. The first-order chi connectivity index (χ1) is 9.79. The summed E-state index contributed by atoms with van der Waals surface area (Å²) >= 11 is 0. The van der Waals surface area contributed by atoms with Gasteiger partial charge in [0.25, 0.3) is 0 Å². The van der Waals surface area contributed by atoms with Crippen LogP contribution in [0.2, 0.25) is 0 Å². The quantitative estimate of drug-likeness (QED) is 0.715. The van der Waals surface area contributed by atoms with Crippen LogP contribution in [-0.4, -0.2) is 47.6 Å². The Morgan fingerprint density at radius 2 is 2.00 bits per heavy atom. The van der Waals surface area contributed by atoms with Crippen LogP contribution in [0.5, 0.6) is 0 Å². The highest BCUT2D eigenvalue weighted by atomic mass is 15.2. The van der Waals surface area contributed by atoms with E-state index in [4.69, 9.17) is 0 Å². The van der Waals surface area contributed by atoms with Gasteiger partial charge in [-0.1, -0.05) is 6.92 Å². The zero-order valence-electron chi connectivity index (χ0n) is 12.8. The molecule has 1 aliphatic rings. The highest BCUT2D eigenvalue weighted by Gasteiger charge is 2.10. The molecule has 0 aromatic carbocycles. The standard InChI is InChI=1S/C15H27N5/c1-3-7-17-15-18-12-13(2)14(19-15)16-8-6-11-20-9-4-5-10-20/h12H,3-11H2,1-2H3,(H2,16,17,18,19). The van der Waals surface area contributed by atoms with Crippen molar-refractivity contribution in [3.8, 4) is 0 Å². The van der Waals surface area contributed by atoms with E-state index in [2.05, 4.69) is 32.4 Å². The van der Waals surface area contributed by atoms with Gasteiger partial charge < -0.3 is 15.5 Å². The third kappa shape index (κ3) is 4.63. The van der Waals surface area contributed by atoms with Gasteiger partial charge in [-0.2, -0.15) is 4.98 Å². The average molecular weight is 277 g/mol. The summed E-state index contributed by atoms with van der Waals surface area (Å²) in [6.07, 6.45) is 6.86. The summed E-state index contributed by atoms with van der Waals surface area (Å²) in [7, 11) is 0. The van der Waals surface area contributed by atoms with Gasteiger partial charge >= 0.3 is 0 Å². The van der Waals surface area contributed by atoms with E-state index in [-0.39, 0.29) is 0 Å². The van der Waals surface area contributed by atoms with Crippen molar-refractivity contribution in [1.29, 1.82) is 0 Å². The van der Waals surface area contributed by atoms with Crippen LogP contribution in [0.4, 0.5) is 11.8 Å². The summed E-state index contributed by atoms with van der Waals surface area (Å²) in [4.78, 5) is 11.4. The van der Waals surface area contributed by atoms with Crippen LogP contribution < -0.4 is 10.6 Å². The molecule has 0 unspecified atom stereocenters. The molecule has 0 atom stereocenters. The average Bonchev–Trinajstić information content (AvgIpc) is 2.97. The summed E-state index contributed by atoms with van der Waals surface area (Å²) in [5.74, 6) is 1.68. The molecule has 1 aromatic rings. The van der Waals surface area contributed by atoms with Gasteiger partial charge in [0.05, 0.1) is 0 Å². The molecule has 0 aliphatic carbocycles. The van der Waals surface area contributed by atoms with Gasteiger partial charge in [0.1, 0.15) is 5.82 Å². The monoisotopic (exact) mass is 277 g/mol. The topological polar surface area (TPSA) is 53.1 Å². The number of likely N-dealkylation sites (tertiary alicyclic amines) is 1. The number of nitrogens with one attached hydrogen (secondary N) is 2. The Balaban J connectivity index is 1.75. The number of nitrogens with zero attached hydrogens (tertiary/aromatic N) is 3. The van der Waals surface area contributed by atoms with E-state index < -0.39 is 0 Å². The third-order valence-electron chi connectivity index (χ3n) is 3.65. The van der Waals surface area contributed by atoms with Crippen LogP contribution >= 0.6 is 0 Å². The molecule has 2 rings (SSSR count). The fourth-order valence-corrected chi connectivity index (χ4v) is 2.46. The van der Waals surface area contributed by atoms with Crippen LogP contribution in [-0.2, 0) is 0 Å². The molecular formula is C15H27N5. The Morgan fingerprint density at radius 3 is 2.75 bits per heavy atom.